The van der Waals surface area contributed by atoms with E-state index in [2.05, 4.69) is 27.1 Å². The molecule has 10 heteroatoms. The number of anilines is 1. The van der Waals surface area contributed by atoms with E-state index >= 15 is 0 Å². The monoisotopic (exact) mass is 434 g/mol. The summed E-state index contributed by atoms with van der Waals surface area (Å²) in [5.41, 5.74) is 2.95. The van der Waals surface area contributed by atoms with E-state index in [0.29, 0.717) is 40.6 Å². The number of fused-ring (bicyclic) bond motifs is 1. The molecule has 1 saturated carbocycles. The molecule has 0 unspecified atom stereocenters. The van der Waals surface area contributed by atoms with Gasteiger partial charge >= 0.3 is 12.2 Å². The van der Waals surface area contributed by atoms with E-state index in [9.17, 15) is 18.3 Å². The molecule has 31 heavy (non-hydrogen) atoms. The third kappa shape index (κ3) is 4.63. The predicted octanol–water partition coefficient (Wildman–Crippen LogP) is 4.50. The van der Waals surface area contributed by atoms with Crippen molar-refractivity contribution in [2.24, 2.45) is 0 Å². The Morgan fingerprint density at radius 2 is 2.03 bits per heavy atom. The van der Waals surface area contributed by atoms with Crippen LogP contribution in [0.1, 0.15) is 30.9 Å². The molecule has 1 aromatic carbocycles. The number of pyridine rings is 1. The van der Waals surface area contributed by atoms with Crippen LogP contribution in [0.4, 0.5) is 19.2 Å². The highest BCUT2D eigenvalue weighted by atomic mass is 19.4. The van der Waals surface area contributed by atoms with Gasteiger partial charge in [0.25, 0.3) is 5.89 Å². The lowest BCUT2D eigenvalue weighted by Gasteiger charge is -2.30. The van der Waals surface area contributed by atoms with Gasteiger partial charge in [0.15, 0.2) is 6.61 Å². The predicted molar refractivity (Wildman–Crippen MR) is 109 cm³/mol. The largest absolute Gasteiger partial charge is 0.484 e. The standard InChI is InChI=1S/C21H21F3N4O3/c1-10(2)15-7-14(30-9-21(22,23)24)8-16-11(3)4-17(26-18(15)16)19-27-28-20(31-19)25-12-5-13(29)6-12/h4,7-8,12-13,29H,1,5-6,9H2,2-3H3,(H,25,28). The Kier molecular flexibility index (Phi) is 5.34. The van der Waals surface area contributed by atoms with Crippen molar-refractivity contribution in [3.63, 3.8) is 0 Å². The minimum Gasteiger partial charge on any atom is -0.484 e. The molecule has 2 aromatic heterocycles. The zero-order chi connectivity index (χ0) is 22.3. The number of aryl methyl sites for hydroxylation is 1. The molecule has 2 heterocycles. The van der Waals surface area contributed by atoms with Crippen LogP contribution in [-0.4, -0.2) is 45.2 Å². The van der Waals surface area contributed by atoms with Gasteiger partial charge in [-0.05, 0) is 56.0 Å². The molecule has 164 valence electrons. The fourth-order valence-corrected chi connectivity index (χ4v) is 3.41. The zero-order valence-electron chi connectivity index (χ0n) is 17.0. The van der Waals surface area contributed by atoms with Gasteiger partial charge in [-0.1, -0.05) is 11.7 Å². The van der Waals surface area contributed by atoms with Crippen LogP contribution in [0.25, 0.3) is 28.1 Å². The Bertz CT molecular complexity index is 1140. The minimum absolute atomic E-state index is 0.0831. The van der Waals surface area contributed by atoms with E-state index < -0.39 is 12.8 Å². The zero-order valence-corrected chi connectivity index (χ0v) is 17.0. The molecule has 0 aliphatic heterocycles. The smallest absolute Gasteiger partial charge is 0.422 e. The van der Waals surface area contributed by atoms with Crippen LogP contribution in [-0.2, 0) is 0 Å². The number of nitrogens with zero attached hydrogens (tertiary/aromatic N) is 3. The normalized spacial score (nSPS) is 18.6. The van der Waals surface area contributed by atoms with E-state index in [1.54, 1.807) is 13.0 Å². The van der Waals surface area contributed by atoms with E-state index in [-0.39, 0.29) is 29.8 Å². The lowest BCUT2D eigenvalue weighted by Crippen LogP contribution is -2.39. The topological polar surface area (TPSA) is 93.3 Å². The first-order chi connectivity index (χ1) is 14.6. The number of halogens is 3. The Morgan fingerprint density at radius 3 is 2.68 bits per heavy atom. The van der Waals surface area contributed by atoms with Crippen molar-refractivity contribution >= 4 is 22.5 Å². The summed E-state index contributed by atoms with van der Waals surface area (Å²) in [6.07, 6.45) is -3.51. The van der Waals surface area contributed by atoms with Crippen molar-refractivity contribution < 1.29 is 27.4 Å². The van der Waals surface area contributed by atoms with Gasteiger partial charge in [0.2, 0.25) is 0 Å². The average Bonchev–Trinajstić information content (AvgIpc) is 3.13. The van der Waals surface area contributed by atoms with Crippen LogP contribution in [0.15, 0.2) is 29.2 Å². The molecule has 0 saturated heterocycles. The van der Waals surface area contributed by atoms with E-state index in [0.717, 1.165) is 5.56 Å². The molecule has 1 aliphatic rings. The molecule has 7 nitrogen and oxygen atoms in total. The molecule has 2 N–H and O–H groups in total. The van der Waals surface area contributed by atoms with Gasteiger partial charge in [0.05, 0.1) is 11.6 Å². The molecule has 1 aliphatic carbocycles. The molecule has 1 fully saturated rings. The number of hydrogen-bond donors (Lipinski definition) is 2. The number of aliphatic hydroxyl groups excluding tert-OH is 1. The van der Waals surface area contributed by atoms with Gasteiger partial charge in [-0.3, -0.25) is 0 Å². The second kappa shape index (κ2) is 7.84. The lowest BCUT2D eigenvalue weighted by atomic mass is 9.90. The SMILES string of the molecule is C=C(C)c1cc(OCC(F)(F)F)cc2c(C)cc(-c3nnc(NC4CC(O)C4)o3)nc12. The summed E-state index contributed by atoms with van der Waals surface area (Å²) >= 11 is 0. The first-order valence-corrected chi connectivity index (χ1v) is 9.68. The van der Waals surface area contributed by atoms with Crippen molar-refractivity contribution in [1.82, 2.24) is 15.2 Å². The summed E-state index contributed by atoms with van der Waals surface area (Å²) < 4.78 is 48.3. The fraction of sp³-hybridized carbons (Fsp3) is 0.381. The van der Waals surface area contributed by atoms with Gasteiger partial charge < -0.3 is 19.6 Å². The Hall–Kier alpha value is -3.14. The number of benzene rings is 1. The molecule has 4 rings (SSSR count). The summed E-state index contributed by atoms with van der Waals surface area (Å²) in [5.74, 6) is 0.296. The van der Waals surface area contributed by atoms with Crippen molar-refractivity contribution in [2.45, 2.75) is 45.0 Å². The molecular formula is C21H21F3N4O3. The van der Waals surface area contributed by atoms with Gasteiger partial charge in [-0.25, -0.2) is 4.98 Å². The summed E-state index contributed by atoms with van der Waals surface area (Å²) in [6.45, 7) is 6.09. The van der Waals surface area contributed by atoms with Crippen molar-refractivity contribution in [2.75, 3.05) is 11.9 Å². The first-order valence-electron chi connectivity index (χ1n) is 9.68. The highest BCUT2D eigenvalue weighted by molar-refractivity contribution is 5.94. The average molecular weight is 434 g/mol. The number of aliphatic hydroxyl groups is 1. The quantitative estimate of drug-likeness (QED) is 0.590. The molecule has 0 amide bonds. The molecule has 0 spiro atoms. The van der Waals surface area contributed by atoms with Crippen molar-refractivity contribution in [1.29, 1.82) is 0 Å². The Morgan fingerprint density at radius 1 is 1.29 bits per heavy atom. The number of alkyl halides is 3. The third-order valence-corrected chi connectivity index (χ3v) is 5.04. The highest BCUT2D eigenvalue weighted by Crippen LogP contribution is 2.34. The van der Waals surface area contributed by atoms with E-state index in [1.165, 1.54) is 12.1 Å². The number of aromatic nitrogens is 3. The van der Waals surface area contributed by atoms with Crippen LogP contribution in [0.5, 0.6) is 5.75 Å². The Balaban J connectivity index is 1.68. The van der Waals surface area contributed by atoms with Crippen LogP contribution >= 0.6 is 0 Å². The van der Waals surface area contributed by atoms with Gasteiger partial charge in [-0.15, -0.1) is 5.10 Å². The fourth-order valence-electron chi connectivity index (χ4n) is 3.41. The molecule has 3 aromatic rings. The minimum atomic E-state index is -4.43. The maximum atomic E-state index is 12.6. The molecular weight excluding hydrogens is 413 g/mol. The summed E-state index contributed by atoms with van der Waals surface area (Å²) in [5, 5.41) is 21.1. The summed E-state index contributed by atoms with van der Waals surface area (Å²) in [7, 11) is 0. The van der Waals surface area contributed by atoms with Crippen molar-refractivity contribution in [3.8, 4) is 17.3 Å². The lowest BCUT2D eigenvalue weighted by molar-refractivity contribution is -0.153. The highest BCUT2D eigenvalue weighted by Gasteiger charge is 2.29. The first kappa shape index (κ1) is 21.1. The summed E-state index contributed by atoms with van der Waals surface area (Å²) in [6, 6.07) is 5.07. The second-order valence-corrected chi connectivity index (χ2v) is 7.75. The third-order valence-electron chi connectivity index (χ3n) is 5.04. The van der Waals surface area contributed by atoms with Crippen LogP contribution in [0.2, 0.25) is 0 Å². The maximum absolute atomic E-state index is 12.6. The van der Waals surface area contributed by atoms with Crippen LogP contribution < -0.4 is 10.1 Å². The molecule has 0 atom stereocenters. The Labute approximate surface area is 176 Å². The number of rotatable bonds is 6. The van der Waals surface area contributed by atoms with Gasteiger partial charge in [0, 0.05) is 17.0 Å². The molecule has 0 bridgehead atoms. The van der Waals surface area contributed by atoms with Gasteiger partial charge in [-0.2, -0.15) is 13.2 Å². The van der Waals surface area contributed by atoms with Crippen molar-refractivity contribution in [3.05, 3.63) is 35.9 Å². The maximum Gasteiger partial charge on any atom is 0.422 e. The number of nitrogens with one attached hydrogen (secondary N) is 1. The number of allylic oxidation sites excluding steroid dienone is 1. The number of hydrogen-bond acceptors (Lipinski definition) is 7. The van der Waals surface area contributed by atoms with E-state index in [1.807, 2.05) is 6.92 Å². The molecule has 0 radical (unpaired) electrons. The van der Waals surface area contributed by atoms with Gasteiger partial charge in [0.1, 0.15) is 11.4 Å². The van der Waals surface area contributed by atoms with Crippen LogP contribution in [0, 0.1) is 6.92 Å². The van der Waals surface area contributed by atoms with E-state index in [4.69, 9.17) is 9.15 Å². The van der Waals surface area contributed by atoms with Crippen LogP contribution in [0.3, 0.4) is 0 Å². The second-order valence-electron chi connectivity index (χ2n) is 7.75. The number of ether oxygens (including phenoxy) is 1. The summed E-state index contributed by atoms with van der Waals surface area (Å²) in [4.78, 5) is 4.61.